The van der Waals surface area contributed by atoms with Crippen LogP contribution in [0.4, 0.5) is 0 Å². The summed E-state index contributed by atoms with van der Waals surface area (Å²) in [5, 5.41) is 0. The Kier molecular flexibility index (Phi) is 8.68. The number of carbonyl (C=O) groups is 2. The highest BCUT2D eigenvalue weighted by Gasteiger charge is 2.50. The number of rotatable bonds is 11. The lowest BCUT2D eigenvalue weighted by Gasteiger charge is -2.29. The van der Waals surface area contributed by atoms with Crippen LogP contribution in [0.5, 0.6) is 5.75 Å². The van der Waals surface area contributed by atoms with E-state index in [1.807, 2.05) is 30.3 Å². The normalized spacial score (nSPS) is 11.0. The summed E-state index contributed by atoms with van der Waals surface area (Å²) in [5.41, 5.74) is -0.106. The number of hydrogen-bond donors (Lipinski definition) is 0. The highest BCUT2D eigenvalue weighted by Crippen LogP contribution is 2.32. The van der Waals surface area contributed by atoms with Crippen molar-refractivity contribution in [3.05, 3.63) is 65.7 Å². The van der Waals surface area contributed by atoms with E-state index in [0.717, 1.165) is 11.3 Å². The van der Waals surface area contributed by atoms with Crippen LogP contribution in [0.25, 0.3) is 0 Å². The summed E-state index contributed by atoms with van der Waals surface area (Å²) in [7, 11) is 1.60. The highest BCUT2D eigenvalue weighted by atomic mass is 16.6. The lowest BCUT2D eigenvalue weighted by Crippen LogP contribution is -2.47. The molecule has 0 aromatic heterocycles. The molecule has 2 aromatic carbocycles. The molecule has 2 aromatic rings. The maximum Gasteiger partial charge on any atom is 0.328 e. The van der Waals surface area contributed by atoms with Crippen molar-refractivity contribution in [1.29, 1.82) is 0 Å². The van der Waals surface area contributed by atoms with Gasteiger partial charge in [-0.05, 0) is 37.1 Å². The van der Waals surface area contributed by atoms with Crippen LogP contribution in [-0.2, 0) is 35.8 Å². The Morgan fingerprint density at radius 1 is 0.897 bits per heavy atom. The predicted octanol–water partition coefficient (Wildman–Crippen LogP) is 3.67. The fourth-order valence-corrected chi connectivity index (χ4v) is 3.08. The molecule has 0 bridgehead atoms. The molecule has 0 saturated carbocycles. The fourth-order valence-electron chi connectivity index (χ4n) is 3.08. The summed E-state index contributed by atoms with van der Waals surface area (Å²) in [4.78, 5) is 25.9. The van der Waals surface area contributed by atoms with Gasteiger partial charge in [-0.25, -0.2) is 0 Å². The molecular formula is C23H28O6. The van der Waals surface area contributed by atoms with Crippen molar-refractivity contribution in [1.82, 2.24) is 0 Å². The average molecular weight is 400 g/mol. The van der Waals surface area contributed by atoms with Crippen molar-refractivity contribution in [3.63, 3.8) is 0 Å². The van der Waals surface area contributed by atoms with E-state index in [1.165, 1.54) is 0 Å². The van der Waals surface area contributed by atoms with Gasteiger partial charge in [0.15, 0.2) is 5.41 Å². The van der Waals surface area contributed by atoms with Gasteiger partial charge in [-0.15, -0.1) is 0 Å². The third kappa shape index (κ3) is 5.57. The van der Waals surface area contributed by atoms with Gasteiger partial charge >= 0.3 is 11.9 Å². The number of hydrogen-bond acceptors (Lipinski definition) is 6. The molecule has 0 fully saturated rings. The summed E-state index contributed by atoms with van der Waals surface area (Å²) in [6.45, 7) is 4.24. The lowest BCUT2D eigenvalue weighted by atomic mass is 9.77. The van der Waals surface area contributed by atoms with Gasteiger partial charge in [0.25, 0.3) is 0 Å². The van der Waals surface area contributed by atoms with E-state index in [4.69, 9.17) is 18.9 Å². The number of methoxy groups -OCH3 is 1. The molecule has 0 radical (unpaired) electrons. The van der Waals surface area contributed by atoms with E-state index in [2.05, 4.69) is 0 Å². The molecule has 2 rings (SSSR count). The largest absolute Gasteiger partial charge is 0.497 e. The average Bonchev–Trinajstić information content (AvgIpc) is 2.75. The number of carbonyl (C=O) groups excluding carboxylic acids is 2. The minimum absolute atomic E-state index is 0.110. The third-order valence-corrected chi connectivity index (χ3v) is 4.54. The zero-order chi connectivity index (χ0) is 21.1. The minimum Gasteiger partial charge on any atom is -0.497 e. The van der Waals surface area contributed by atoms with Crippen molar-refractivity contribution in [2.45, 2.75) is 32.3 Å². The van der Waals surface area contributed by atoms with E-state index in [0.29, 0.717) is 12.2 Å². The molecule has 0 aliphatic heterocycles. The molecule has 0 spiro atoms. The quantitative estimate of drug-likeness (QED) is 0.326. The molecule has 0 aliphatic rings. The summed E-state index contributed by atoms with van der Waals surface area (Å²) in [5.74, 6) is -0.521. The second kappa shape index (κ2) is 11.2. The molecular weight excluding hydrogens is 372 g/mol. The van der Waals surface area contributed by atoms with Crippen LogP contribution < -0.4 is 4.74 Å². The highest BCUT2D eigenvalue weighted by molar-refractivity contribution is 6.06. The van der Waals surface area contributed by atoms with Crippen molar-refractivity contribution >= 4 is 11.9 Å². The van der Waals surface area contributed by atoms with Gasteiger partial charge in [0.2, 0.25) is 0 Å². The van der Waals surface area contributed by atoms with Crippen LogP contribution in [0.2, 0.25) is 0 Å². The zero-order valence-corrected chi connectivity index (χ0v) is 17.2. The van der Waals surface area contributed by atoms with Crippen molar-refractivity contribution in [2.75, 3.05) is 26.9 Å². The van der Waals surface area contributed by atoms with Crippen LogP contribution >= 0.6 is 0 Å². The van der Waals surface area contributed by atoms with Crippen molar-refractivity contribution < 1.29 is 28.5 Å². The Morgan fingerprint density at radius 3 is 2.14 bits per heavy atom. The van der Waals surface area contributed by atoms with E-state index >= 15 is 0 Å². The molecule has 6 heteroatoms. The van der Waals surface area contributed by atoms with Gasteiger partial charge in [0, 0.05) is 13.0 Å². The van der Waals surface area contributed by atoms with E-state index in [9.17, 15) is 9.59 Å². The molecule has 0 N–H and O–H groups in total. The fraction of sp³-hybridized carbons (Fsp3) is 0.391. The number of benzene rings is 2. The van der Waals surface area contributed by atoms with Gasteiger partial charge in [-0.1, -0.05) is 42.5 Å². The van der Waals surface area contributed by atoms with Gasteiger partial charge in [-0.3, -0.25) is 9.59 Å². The maximum atomic E-state index is 12.9. The van der Waals surface area contributed by atoms with Gasteiger partial charge in [-0.2, -0.15) is 0 Å². The summed E-state index contributed by atoms with van der Waals surface area (Å²) >= 11 is 0. The van der Waals surface area contributed by atoms with Crippen LogP contribution in [0.3, 0.4) is 0 Å². The van der Waals surface area contributed by atoms with Crippen LogP contribution in [0, 0.1) is 0 Å². The number of esters is 2. The lowest BCUT2D eigenvalue weighted by molar-refractivity contribution is -0.166. The Bertz CT molecular complexity index is 769. The van der Waals surface area contributed by atoms with Gasteiger partial charge < -0.3 is 18.9 Å². The van der Waals surface area contributed by atoms with Gasteiger partial charge in [0.05, 0.1) is 26.9 Å². The smallest absolute Gasteiger partial charge is 0.328 e. The molecule has 0 atom stereocenters. The topological polar surface area (TPSA) is 71.1 Å². The molecule has 0 unspecified atom stereocenters. The molecule has 0 saturated heterocycles. The summed E-state index contributed by atoms with van der Waals surface area (Å²) in [6.07, 6.45) is 0.110. The Morgan fingerprint density at radius 2 is 1.55 bits per heavy atom. The summed E-state index contributed by atoms with van der Waals surface area (Å²) in [6, 6.07) is 16.4. The molecule has 29 heavy (non-hydrogen) atoms. The first-order valence-corrected chi connectivity index (χ1v) is 9.69. The third-order valence-electron chi connectivity index (χ3n) is 4.54. The first kappa shape index (κ1) is 22.4. The maximum absolute atomic E-state index is 12.9. The minimum atomic E-state index is -1.57. The van der Waals surface area contributed by atoms with Crippen molar-refractivity contribution in [3.8, 4) is 5.75 Å². The Balaban J connectivity index is 2.21. The van der Waals surface area contributed by atoms with E-state index in [1.54, 1.807) is 45.2 Å². The molecule has 6 nitrogen and oxygen atoms in total. The first-order chi connectivity index (χ1) is 14.1. The zero-order valence-electron chi connectivity index (χ0n) is 17.2. The Labute approximate surface area is 171 Å². The second-order valence-electron chi connectivity index (χ2n) is 6.37. The SMILES string of the molecule is CCOC(=O)C(CCOCc1cccc(OC)c1)(C(=O)OCC)c1ccccc1. The molecule has 0 aliphatic carbocycles. The van der Waals surface area contributed by atoms with Crippen LogP contribution in [0.15, 0.2) is 54.6 Å². The molecule has 156 valence electrons. The Hall–Kier alpha value is -2.86. The monoisotopic (exact) mass is 400 g/mol. The van der Waals surface area contributed by atoms with E-state index < -0.39 is 17.4 Å². The molecule has 0 amide bonds. The second-order valence-corrected chi connectivity index (χ2v) is 6.37. The summed E-state index contributed by atoms with van der Waals surface area (Å²) < 4.78 is 21.5. The van der Waals surface area contributed by atoms with Crippen molar-refractivity contribution in [2.24, 2.45) is 0 Å². The predicted molar refractivity (Wildman–Crippen MR) is 109 cm³/mol. The number of ether oxygens (including phenoxy) is 4. The molecule has 0 heterocycles. The van der Waals surface area contributed by atoms with Crippen LogP contribution in [-0.4, -0.2) is 38.9 Å². The first-order valence-electron chi connectivity index (χ1n) is 9.69. The standard InChI is InChI=1S/C23H28O6/c1-4-28-21(24)23(22(25)29-5-2,19-11-7-6-8-12-19)14-15-27-17-18-10-9-13-20(16-18)26-3/h6-13,16H,4-5,14-15,17H2,1-3H3. The van der Waals surface area contributed by atoms with Crippen LogP contribution in [0.1, 0.15) is 31.4 Å². The van der Waals surface area contributed by atoms with Gasteiger partial charge in [0.1, 0.15) is 5.75 Å². The van der Waals surface area contributed by atoms with E-state index in [-0.39, 0.29) is 26.2 Å².